The second-order valence-electron chi connectivity index (χ2n) is 30.1. The van der Waals surface area contributed by atoms with E-state index in [0.29, 0.717) is 82.6 Å². The molecule has 0 heterocycles. The molecule has 0 spiro atoms. The molecule has 0 aliphatic heterocycles. The van der Waals surface area contributed by atoms with Crippen molar-refractivity contribution in [2.24, 2.45) is 57.7 Å². The Labute approximate surface area is 747 Å². The lowest BCUT2D eigenvalue weighted by Gasteiger charge is -2.22. The average molecular weight is 1740 g/mol. The van der Waals surface area contributed by atoms with Gasteiger partial charge in [-0.2, -0.15) is 25.3 Å². The quantitative estimate of drug-likeness (QED) is 0.00960. The summed E-state index contributed by atoms with van der Waals surface area (Å²) in [6.45, 7) is 13.5. The van der Waals surface area contributed by atoms with E-state index in [-0.39, 0.29) is 76.8 Å². The summed E-state index contributed by atoms with van der Waals surface area (Å²) < 4.78 is 0. The van der Waals surface area contributed by atoms with Crippen LogP contribution in [0.15, 0.2) is 273 Å². The summed E-state index contributed by atoms with van der Waals surface area (Å²) in [5.74, 6) is 4.00. The van der Waals surface area contributed by atoms with E-state index in [0.717, 1.165) is 90.0 Å². The van der Waals surface area contributed by atoms with Crippen LogP contribution in [0.2, 0.25) is 0 Å². The highest BCUT2D eigenvalue weighted by Gasteiger charge is 2.16. The van der Waals surface area contributed by atoms with Crippen molar-refractivity contribution in [3.8, 4) is 0 Å². The number of thiol groups is 2. The molecule has 9 aromatic carbocycles. The van der Waals surface area contributed by atoms with Crippen LogP contribution in [0.5, 0.6) is 0 Å². The Hall–Kier alpha value is -8.84. The average Bonchev–Trinajstić information content (AvgIpc) is 0.929. The van der Waals surface area contributed by atoms with Crippen molar-refractivity contribution in [2.75, 3.05) is 43.1 Å². The molecule has 664 valence electrons. The van der Waals surface area contributed by atoms with Crippen LogP contribution in [0.25, 0.3) is 0 Å². The minimum atomic E-state index is -0.215. The Morgan fingerprint density at radius 1 is 0.361 bits per heavy atom. The zero-order valence-corrected chi connectivity index (χ0v) is 75.9. The van der Waals surface area contributed by atoms with E-state index in [1.165, 1.54) is 55.9 Å². The maximum Gasteiger partial charge on any atom is 0.245 e. The van der Waals surface area contributed by atoms with Gasteiger partial charge in [0.2, 0.25) is 24.6 Å². The molecule has 8 atom stereocenters. The number of nitrogens with two attached hydrogens (primary N) is 8. The Kier molecular flexibility index (Phi) is 63.2. The number of thioether (sulfide) groups is 2. The molecule has 9 aromatic rings. The van der Waals surface area contributed by atoms with Crippen molar-refractivity contribution in [2.45, 2.75) is 180 Å². The number of hydrogen-bond acceptors (Lipinski definition) is 21. The molecule has 0 saturated heterocycles. The predicted octanol–water partition coefficient (Wildman–Crippen LogP) is 13.8. The third kappa shape index (κ3) is 61.5. The zero-order valence-electron chi connectivity index (χ0n) is 72.4. The van der Waals surface area contributed by atoms with Gasteiger partial charge in [0.25, 0.3) is 0 Å². The van der Waals surface area contributed by atoms with Crippen molar-refractivity contribution in [3.05, 3.63) is 323 Å². The SMILES string of the molecule is CC(=O)SCC(N)CC(C)C.CC(=O)SCC(N)Cc1ccccc1.CC(C)CC(N)CN(C=O)OCc1ccccc1.CNC(=O)CC(N)Cc1ccccc1.NC(CC(=O)NOCc1ccccc1)Cc1ccccc1.NC(CCS)Cc1ccccc1.NC(CS)Cc1ccccc1.NC(Cc1ccccc1)CN(C=O)OCc1ccccc1. The molecular weight excluding hydrogens is 1610 g/mol. The normalized spacial score (nSPS) is 12.4. The maximum absolute atomic E-state index is 11.7. The monoisotopic (exact) mass is 1740 g/mol. The van der Waals surface area contributed by atoms with E-state index < -0.39 is 0 Å². The largest absolute Gasteiger partial charge is 0.359 e. The summed E-state index contributed by atoms with van der Waals surface area (Å²) in [5, 5.41) is 5.39. The van der Waals surface area contributed by atoms with Gasteiger partial charge < -0.3 is 51.2 Å². The van der Waals surface area contributed by atoms with E-state index in [2.05, 4.69) is 100 Å². The third-order valence-electron chi connectivity index (χ3n) is 17.3. The van der Waals surface area contributed by atoms with Crippen molar-refractivity contribution in [1.82, 2.24) is 20.9 Å². The molecule has 4 amide bonds. The second-order valence-corrected chi connectivity index (χ2v) is 33.3. The van der Waals surface area contributed by atoms with E-state index in [4.69, 9.17) is 60.4 Å². The second kappa shape index (κ2) is 70.5. The highest BCUT2D eigenvalue weighted by molar-refractivity contribution is 8.13. The standard InChI is InChI=1S/2C17H20N2O2.C14H22N2O2.C11H16N2O.C11H15NOS.C10H15NS.C9H13NS.C8H17NOS/c18-17(11-15-7-3-1-4-8-15)12-19(14-20)21-13-16-9-5-2-6-10-16;18-16(11-14-7-3-1-4-8-14)12-17(20)19-21-13-15-9-5-2-6-10-15;1-12(2)8-14(15)9-16(11-17)18-10-13-6-4-3-5-7-13;1-13-11(14)8-10(12)7-9-5-3-2-4-6-9;1-9(13)14-8-11(12)7-10-5-3-2-4-6-10;11-10(6-7-12)8-9-4-2-1-3-5-9;10-9(7-11)6-8-4-2-1-3-5-8;1-6(2)4-8(9)5-11-7(3)10/h1-10,14,17H,11-13,18H2;1-10,16H,11-13,18H2,(H,19,20);3-7,11-12,14H,8-10,15H2,1-2H3;2-6,10H,7-8,12H2,1H3,(H,13,14);2-6,11H,7-8,12H2,1H3;1-5,10,12H,6-8,11H2;1-5,9,11H,6-7,10H2;6,8H,4-5,9H2,1-3H3. The van der Waals surface area contributed by atoms with Crippen LogP contribution in [0.4, 0.5) is 0 Å². The smallest absolute Gasteiger partial charge is 0.245 e. The van der Waals surface area contributed by atoms with Gasteiger partial charge in [-0.05, 0) is 125 Å². The van der Waals surface area contributed by atoms with Crippen molar-refractivity contribution >= 4 is 83.6 Å². The van der Waals surface area contributed by atoms with Gasteiger partial charge in [0.15, 0.2) is 10.2 Å². The number of carbonyl (C=O) groups excluding carboxylic acids is 6. The van der Waals surface area contributed by atoms with Gasteiger partial charge in [-0.15, -0.1) is 0 Å². The molecule has 9 rings (SSSR count). The zero-order chi connectivity index (χ0) is 89.8. The first-order valence-corrected chi connectivity index (χ1v) is 44.6. The van der Waals surface area contributed by atoms with E-state index in [9.17, 15) is 28.8 Å². The number of hydroxylamine groups is 5. The van der Waals surface area contributed by atoms with Crippen LogP contribution in [0.1, 0.15) is 124 Å². The first kappa shape index (κ1) is 109. The lowest BCUT2D eigenvalue weighted by molar-refractivity contribution is -0.179. The van der Waals surface area contributed by atoms with Crippen LogP contribution >= 0.6 is 48.8 Å². The molecule has 0 saturated carbocycles. The molecule has 0 radical (unpaired) electrons. The van der Waals surface area contributed by atoms with Crippen LogP contribution in [0, 0.1) is 11.8 Å². The van der Waals surface area contributed by atoms with Gasteiger partial charge in [-0.25, -0.2) is 15.6 Å². The topological polar surface area (TPSA) is 369 Å². The van der Waals surface area contributed by atoms with Gasteiger partial charge in [-0.3, -0.25) is 43.3 Å². The number of hydrogen-bond donors (Lipinski definition) is 12. The van der Waals surface area contributed by atoms with Crippen molar-refractivity contribution < 1.29 is 43.3 Å². The molecule has 21 nitrogen and oxygen atoms in total. The van der Waals surface area contributed by atoms with Crippen molar-refractivity contribution in [3.63, 3.8) is 0 Å². The van der Waals surface area contributed by atoms with Crippen LogP contribution in [-0.2, 0) is 102 Å². The number of carbonyl (C=O) groups is 6. The van der Waals surface area contributed by atoms with Gasteiger partial charge in [0.05, 0.1) is 19.7 Å². The maximum atomic E-state index is 11.7. The number of nitrogens with one attached hydrogen (secondary N) is 2. The molecule has 8 unspecified atom stereocenters. The number of rotatable bonds is 42. The molecule has 122 heavy (non-hydrogen) atoms. The number of benzene rings is 9. The fraction of sp³-hybridized carbons (Fsp3) is 0.381. The summed E-state index contributed by atoms with van der Waals surface area (Å²) in [6.07, 6.45) is 9.68. The lowest BCUT2D eigenvalue weighted by Crippen LogP contribution is -2.38. The van der Waals surface area contributed by atoms with Gasteiger partial charge >= 0.3 is 0 Å². The summed E-state index contributed by atoms with van der Waals surface area (Å²) in [5.41, 5.74) is 59.8. The molecule has 0 fully saturated rings. The fourth-order valence-electron chi connectivity index (χ4n) is 11.5. The molecule has 0 aliphatic carbocycles. The Bertz CT molecular complexity index is 4050. The van der Waals surface area contributed by atoms with Crippen LogP contribution < -0.4 is 56.7 Å². The molecule has 0 aromatic heterocycles. The predicted molar refractivity (Wildman–Crippen MR) is 513 cm³/mol. The first-order chi connectivity index (χ1) is 58.7. The molecule has 25 heteroatoms. The van der Waals surface area contributed by atoms with Gasteiger partial charge in [0.1, 0.15) is 13.2 Å². The van der Waals surface area contributed by atoms with E-state index >= 15 is 0 Å². The Morgan fingerprint density at radius 3 is 0.934 bits per heavy atom. The number of nitrogens with zero attached hydrogens (tertiary/aromatic N) is 2. The van der Waals surface area contributed by atoms with E-state index in [1.54, 1.807) is 20.9 Å². The lowest BCUT2D eigenvalue weighted by atomic mass is 10.0. The Balaban J connectivity index is 0.000000478. The highest BCUT2D eigenvalue weighted by atomic mass is 32.2. The molecule has 0 aliphatic rings. The minimum absolute atomic E-state index is 0.00608. The van der Waals surface area contributed by atoms with Crippen LogP contribution in [-0.4, -0.2) is 136 Å². The molecule has 0 bridgehead atoms. The molecule has 18 N–H and O–H groups in total. The minimum Gasteiger partial charge on any atom is -0.359 e. The van der Waals surface area contributed by atoms with Crippen molar-refractivity contribution in [1.29, 1.82) is 0 Å². The van der Waals surface area contributed by atoms with Gasteiger partial charge in [-0.1, -0.05) is 324 Å². The Morgan fingerprint density at radius 2 is 0.631 bits per heavy atom. The number of amides is 4. The summed E-state index contributed by atoms with van der Waals surface area (Å²) in [7, 11) is 1.62. The first-order valence-electron chi connectivity index (χ1n) is 41.4. The fourth-order valence-corrected chi connectivity index (χ4v) is 13.1. The third-order valence-corrected chi connectivity index (χ3v) is 20.0. The summed E-state index contributed by atoms with van der Waals surface area (Å²) in [4.78, 5) is 82.0. The summed E-state index contributed by atoms with van der Waals surface area (Å²) >= 11 is 10.9. The molecular formula is C97H138N12O9S4. The highest BCUT2D eigenvalue weighted by Crippen LogP contribution is 2.14. The van der Waals surface area contributed by atoms with E-state index in [1.807, 2.05) is 237 Å². The summed E-state index contributed by atoms with van der Waals surface area (Å²) in [6, 6.07) is 89.7. The van der Waals surface area contributed by atoms with Gasteiger partial charge in [0, 0.05) is 99.3 Å². The van der Waals surface area contributed by atoms with Crippen LogP contribution in [0.3, 0.4) is 0 Å².